The Balaban J connectivity index is 3.73. The van der Waals surface area contributed by atoms with E-state index in [1.807, 2.05) is 6.92 Å². The van der Waals surface area contributed by atoms with Crippen LogP contribution >= 0.6 is 0 Å². The molecule has 1 N–H and O–H groups in total. The lowest BCUT2D eigenvalue weighted by atomic mass is 9.96. The van der Waals surface area contributed by atoms with Crippen LogP contribution in [0.1, 0.15) is 28.7 Å². The molecule has 0 unspecified atom stereocenters. The van der Waals surface area contributed by atoms with Crippen molar-refractivity contribution < 1.29 is 13.2 Å². The first kappa shape index (κ1) is 16.5. The Hall–Kier alpha value is -1.58. The number of methoxy groups -OCH3 is 1. The first-order chi connectivity index (χ1) is 9.31. The fourth-order valence-electron chi connectivity index (χ4n) is 2.42. The van der Waals surface area contributed by atoms with E-state index in [1.54, 1.807) is 21.0 Å². The van der Waals surface area contributed by atoms with E-state index >= 15 is 0 Å². The van der Waals surface area contributed by atoms with E-state index in [9.17, 15) is 8.42 Å². The van der Waals surface area contributed by atoms with Crippen molar-refractivity contribution in [3.05, 3.63) is 22.3 Å². The molecule has 0 aliphatic rings. The van der Waals surface area contributed by atoms with E-state index in [0.29, 0.717) is 29.7 Å². The Labute approximate surface area is 120 Å². The van der Waals surface area contributed by atoms with Crippen molar-refractivity contribution in [2.75, 3.05) is 14.2 Å². The third-order valence-electron chi connectivity index (χ3n) is 3.54. The third kappa shape index (κ3) is 2.79. The number of benzene rings is 1. The number of nitrogens with zero attached hydrogens (tertiary/aromatic N) is 1. The van der Waals surface area contributed by atoms with E-state index in [4.69, 9.17) is 10.00 Å². The summed E-state index contributed by atoms with van der Waals surface area (Å²) in [5, 5.41) is 8.76. The van der Waals surface area contributed by atoms with E-state index in [-0.39, 0.29) is 4.90 Å². The number of hydrogen-bond donors (Lipinski definition) is 1. The summed E-state index contributed by atoms with van der Waals surface area (Å²) in [5.41, 5.74) is 2.90. The fraction of sp³-hybridized carbons (Fsp3) is 0.500. The molecular weight excluding hydrogens is 276 g/mol. The lowest BCUT2D eigenvalue weighted by Crippen LogP contribution is -2.22. The maximum Gasteiger partial charge on any atom is 0.240 e. The van der Waals surface area contributed by atoms with E-state index in [1.165, 1.54) is 7.05 Å². The zero-order valence-corrected chi connectivity index (χ0v) is 13.3. The highest BCUT2D eigenvalue weighted by atomic mass is 32.2. The zero-order valence-electron chi connectivity index (χ0n) is 12.5. The molecule has 0 saturated heterocycles. The van der Waals surface area contributed by atoms with Crippen LogP contribution in [-0.4, -0.2) is 22.6 Å². The average molecular weight is 296 g/mol. The van der Waals surface area contributed by atoms with E-state index < -0.39 is 10.0 Å². The molecule has 0 atom stereocenters. The second kappa shape index (κ2) is 6.25. The molecular formula is C14H20N2O3S. The molecule has 0 radical (unpaired) electrons. The highest BCUT2D eigenvalue weighted by molar-refractivity contribution is 7.89. The number of hydrogen-bond acceptors (Lipinski definition) is 4. The van der Waals surface area contributed by atoms with Crippen LogP contribution in [-0.2, 0) is 16.4 Å². The van der Waals surface area contributed by atoms with Crippen LogP contribution in [0.25, 0.3) is 0 Å². The van der Waals surface area contributed by atoms with E-state index in [0.717, 1.165) is 11.1 Å². The molecule has 0 aliphatic heterocycles. The molecule has 1 aromatic rings. The predicted octanol–water partition coefficient (Wildman–Crippen LogP) is 1.98. The SMILES string of the molecule is CNS(=O)(=O)c1c(C)c(C)c(OC)c(CCC#N)c1C. The van der Waals surface area contributed by atoms with Gasteiger partial charge in [0.2, 0.25) is 10.0 Å². The number of nitriles is 1. The van der Waals surface area contributed by atoms with Crippen molar-refractivity contribution in [2.24, 2.45) is 0 Å². The van der Waals surface area contributed by atoms with Crippen molar-refractivity contribution in [2.45, 2.75) is 38.5 Å². The van der Waals surface area contributed by atoms with Crippen LogP contribution < -0.4 is 9.46 Å². The molecule has 110 valence electrons. The first-order valence-corrected chi connectivity index (χ1v) is 7.77. The van der Waals surface area contributed by atoms with Gasteiger partial charge in [-0.25, -0.2) is 13.1 Å². The monoisotopic (exact) mass is 296 g/mol. The Morgan fingerprint density at radius 1 is 1.20 bits per heavy atom. The van der Waals surface area contributed by atoms with Crippen molar-refractivity contribution in [1.82, 2.24) is 4.72 Å². The Bertz CT molecular complexity index is 658. The highest BCUT2D eigenvalue weighted by Crippen LogP contribution is 2.35. The molecule has 0 aliphatic carbocycles. The van der Waals surface area contributed by atoms with Crippen LogP contribution in [0.15, 0.2) is 4.90 Å². The predicted molar refractivity (Wildman–Crippen MR) is 77.4 cm³/mol. The smallest absolute Gasteiger partial charge is 0.240 e. The number of ether oxygens (including phenoxy) is 1. The average Bonchev–Trinajstić information content (AvgIpc) is 2.41. The summed E-state index contributed by atoms with van der Waals surface area (Å²) in [6.45, 7) is 5.35. The molecule has 0 heterocycles. The van der Waals surface area contributed by atoms with Gasteiger partial charge in [-0.2, -0.15) is 5.26 Å². The lowest BCUT2D eigenvalue weighted by Gasteiger charge is -2.20. The lowest BCUT2D eigenvalue weighted by molar-refractivity contribution is 0.405. The Morgan fingerprint density at radius 2 is 1.80 bits per heavy atom. The van der Waals surface area contributed by atoms with Gasteiger partial charge in [-0.1, -0.05) is 0 Å². The van der Waals surface area contributed by atoms with Gasteiger partial charge in [-0.15, -0.1) is 0 Å². The summed E-state index contributed by atoms with van der Waals surface area (Å²) in [7, 11) is -0.593. The Morgan fingerprint density at radius 3 is 2.25 bits per heavy atom. The molecule has 0 fully saturated rings. The van der Waals surface area contributed by atoms with Gasteiger partial charge in [0.1, 0.15) is 5.75 Å². The fourth-order valence-corrected chi connectivity index (χ4v) is 3.71. The van der Waals surface area contributed by atoms with Crippen LogP contribution in [0.4, 0.5) is 0 Å². The van der Waals surface area contributed by atoms with Crippen molar-refractivity contribution >= 4 is 10.0 Å². The van der Waals surface area contributed by atoms with Gasteiger partial charge in [-0.05, 0) is 56.5 Å². The van der Waals surface area contributed by atoms with Crippen molar-refractivity contribution in [1.29, 1.82) is 5.26 Å². The minimum Gasteiger partial charge on any atom is -0.496 e. The van der Waals surface area contributed by atoms with Crippen LogP contribution in [0.2, 0.25) is 0 Å². The minimum atomic E-state index is -3.54. The van der Waals surface area contributed by atoms with Crippen LogP contribution in [0.3, 0.4) is 0 Å². The van der Waals surface area contributed by atoms with Gasteiger partial charge in [0, 0.05) is 6.42 Å². The normalized spacial score (nSPS) is 11.2. The quantitative estimate of drug-likeness (QED) is 0.901. The zero-order chi connectivity index (χ0) is 15.5. The van der Waals surface area contributed by atoms with Gasteiger partial charge >= 0.3 is 0 Å². The van der Waals surface area contributed by atoms with Gasteiger partial charge in [0.25, 0.3) is 0 Å². The number of nitrogens with one attached hydrogen (secondary N) is 1. The topological polar surface area (TPSA) is 79.2 Å². The standard InChI is InChI=1S/C14H20N2O3S/c1-9-10(2)14(20(17,18)16-4)11(3)12(7-6-8-15)13(9)19-5/h16H,6-7H2,1-5H3. The summed E-state index contributed by atoms with van der Waals surface area (Å²) >= 11 is 0. The molecule has 0 spiro atoms. The first-order valence-electron chi connectivity index (χ1n) is 6.28. The number of sulfonamides is 1. The van der Waals surface area contributed by atoms with Gasteiger partial charge in [0.15, 0.2) is 0 Å². The van der Waals surface area contributed by atoms with Gasteiger partial charge < -0.3 is 4.74 Å². The summed E-state index contributed by atoms with van der Waals surface area (Å²) < 4.78 is 32.2. The minimum absolute atomic E-state index is 0.284. The largest absolute Gasteiger partial charge is 0.496 e. The van der Waals surface area contributed by atoms with Crippen molar-refractivity contribution in [3.63, 3.8) is 0 Å². The summed E-state index contributed by atoms with van der Waals surface area (Å²) in [4.78, 5) is 0.284. The third-order valence-corrected chi connectivity index (χ3v) is 5.23. The highest BCUT2D eigenvalue weighted by Gasteiger charge is 2.25. The molecule has 1 rings (SSSR count). The number of rotatable bonds is 5. The molecule has 0 saturated carbocycles. The second-order valence-electron chi connectivity index (χ2n) is 4.58. The molecule has 20 heavy (non-hydrogen) atoms. The van der Waals surface area contributed by atoms with Gasteiger partial charge in [-0.3, -0.25) is 0 Å². The second-order valence-corrected chi connectivity index (χ2v) is 6.40. The molecule has 0 bridgehead atoms. The molecule has 0 amide bonds. The molecule has 5 nitrogen and oxygen atoms in total. The molecule has 0 aromatic heterocycles. The van der Waals surface area contributed by atoms with Crippen molar-refractivity contribution in [3.8, 4) is 11.8 Å². The maximum atomic E-state index is 12.2. The Kier molecular flexibility index (Phi) is 5.15. The summed E-state index contributed by atoms with van der Waals surface area (Å²) in [5.74, 6) is 0.672. The maximum absolute atomic E-state index is 12.2. The summed E-state index contributed by atoms with van der Waals surface area (Å²) in [6.07, 6.45) is 0.789. The summed E-state index contributed by atoms with van der Waals surface area (Å²) in [6, 6.07) is 2.08. The van der Waals surface area contributed by atoms with Crippen LogP contribution in [0.5, 0.6) is 5.75 Å². The molecule has 1 aromatic carbocycles. The molecule has 6 heteroatoms. The van der Waals surface area contributed by atoms with Gasteiger partial charge in [0.05, 0.1) is 18.1 Å². The van der Waals surface area contributed by atoms with E-state index in [2.05, 4.69) is 10.8 Å². The van der Waals surface area contributed by atoms with Crippen LogP contribution in [0, 0.1) is 32.1 Å².